The summed E-state index contributed by atoms with van der Waals surface area (Å²) >= 11 is 1.30. The molecule has 0 aliphatic carbocycles. The van der Waals surface area contributed by atoms with Gasteiger partial charge in [-0.3, -0.25) is 4.79 Å². The van der Waals surface area contributed by atoms with Crippen LogP contribution in [0.4, 0.5) is 5.69 Å². The second-order valence-electron chi connectivity index (χ2n) is 4.51. The quantitative estimate of drug-likeness (QED) is 0.370. The molecule has 2 rings (SSSR count). The predicted octanol–water partition coefficient (Wildman–Crippen LogP) is 1.73. The van der Waals surface area contributed by atoms with E-state index in [1.165, 1.54) is 36.3 Å². The normalized spacial score (nSPS) is 9.79. The minimum Gasteiger partial charge on any atom is -0.619 e. The molecule has 1 amide bonds. The van der Waals surface area contributed by atoms with Crippen LogP contribution in [0, 0.1) is 16.5 Å². The van der Waals surface area contributed by atoms with E-state index < -0.39 is 18.5 Å². The van der Waals surface area contributed by atoms with Crippen molar-refractivity contribution in [3.63, 3.8) is 0 Å². The van der Waals surface area contributed by atoms with Crippen molar-refractivity contribution in [2.75, 3.05) is 17.7 Å². The summed E-state index contributed by atoms with van der Waals surface area (Å²) in [5, 5.41) is 22.2. The van der Waals surface area contributed by atoms with E-state index in [0.29, 0.717) is 10.4 Å². The topological polar surface area (TPSA) is 106 Å². The van der Waals surface area contributed by atoms with Crippen molar-refractivity contribution in [3.05, 3.63) is 59.6 Å². The first-order valence-electron chi connectivity index (χ1n) is 6.84. The third kappa shape index (κ3) is 5.00. The fraction of sp³-hybridized carbons (Fsp3) is 0.125. The average Bonchev–Trinajstić information content (AvgIpc) is 2.59. The van der Waals surface area contributed by atoms with Gasteiger partial charge in [-0.15, -0.1) is 11.8 Å². The van der Waals surface area contributed by atoms with Gasteiger partial charge in [-0.2, -0.15) is 9.99 Å². The second-order valence-corrected chi connectivity index (χ2v) is 5.53. The van der Waals surface area contributed by atoms with Gasteiger partial charge in [0, 0.05) is 17.0 Å². The minimum absolute atomic E-state index is 0.180. The lowest BCUT2D eigenvalue weighted by atomic mass is 10.3. The second kappa shape index (κ2) is 8.55. The molecule has 24 heavy (non-hydrogen) atoms. The molecule has 0 saturated heterocycles. The number of thioether (sulfide) groups is 1. The number of carbonyl (C=O) groups is 2. The lowest BCUT2D eigenvalue weighted by Crippen LogP contribution is -2.25. The van der Waals surface area contributed by atoms with E-state index in [4.69, 9.17) is 10.00 Å². The average molecular weight is 343 g/mol. The lowest BCUT2D eigenvalue weighted by Gasteiger charge is -2.10. The first-order chi connectivity index (χ1) is 11.6. The number of ether oxygens (including phenoxy) is 1. The summed E-state index contributed by atoms with van der Waals surface area (Å²) in [6.45, 7) is -0.456. The molecule has 1 aromatic heterocycles. The molecule has 7 nitrogen and oxygen atoms in total. The number of nitriles is 1. The molecule has 1 N–H and O–H groups in total. The Balaban J connectivity index is 1.91. The van der Waals surface area contributed by atoms with Gasteiger partial charge in [-0.1, -0.05) is 12.1 Å². The molecular formula is C16H13N3O4S. The summed E-state index contributed by atoms with van der Waals surface area (Å²) in [6, 6.07) is 11.7. The fourth-order valence-corrected chi connectivity index (χ4v) is 2.42. The molecule has 0 bridgehead atoms. The zero-order valence-corrected chi connectivity index (χ0v) is 13.3. The Labute approximate surface area is 142 Å². The maximum absolute atomic E-state index is 11.9. The van der Waals surface area contributed by atoms with Crippen molar-refractivity contribution in [2.24, 2.45) is 0 Å². The molecular weight excluding hydrogens is 330 g/mol. The Kier molecular flexibility index (Phi) is 6.16. The first kappa shape index (κ1) is 17.3. The summed E-state index contributed by atoms with van der Waals surface area (Å²) in [5.74, 6) is -0.934. The zero-order valence-electron chi connectivity index (χ0n) is 12.5. The number of nitrogens with one attached hydrogen (secondary N) is 1. The zero-order chi connectivity index (χ0) is 17.4. The highest BCUT2D eigenvalue weighted by molar-refractivity contribution is 7.99. The van der Waals surface area contributed by atoms with Gasteiger partial charge in [-0.25, -0.2) is 4.79 Å². The van der Waals surface area contributed by atoms with Gasteiger partial charge in [0.1, 0.15) is 0 Å². The predicted molar refractivity (Wildman–Crippen MR) is 87.1 cm³/mol. The van der Waals surface area contributed by atoms with E-state index >= 15 is 0 Å². The van der Waals surface area contributed by atoms with Crippen molar-refractivity contribution in [2.45, 2.75) is 4.90 Å². The number of amides is 1. The number of anilines is 1. The molecule has 122 valence electrons. The summed E-state index contributed by atoms with van der Waals surface area (Å²) in [7, 11) is 0. The minimum atomic E-state index is -0.696. The van der Waals surface area contributed by atoms with Crippen molar-refractivity contribution in [3.8, 4) is 6.07 Å². The maximum atomic E-state index is 11.9. The monoisotopic (exact) mass is 343 g/mol. The van der Waals surface area contributed by atoms with Crippen LogP contribution in [0.15, 0.2) is 53.7 Å². The summed E-state index contributed by atoms with van der Waals surface area (Å²) < 4.78 is 5.44. The first-order valence-corrected chi connectivity index (χ1v) is 7.83. The van der Waals surface area contributed by atoms with Gasteiger partial charge >= 0.3 is 5.97 Å². The number of esters is 1. The highest BCUT2D eigenvalue weighted by Gasteiger charge is 2.12. The highest BCUT2D eigenvalue weighted by Crippen LogP contribution is 2.26. The number of hydrogen-bond donors (Lipinski definition) is 1. The van der Waals surface area contributed by atoms with Crippen molar-refractivity contribution in [1.29, 1.82) is 5.26 Å². The van der Waals surface area contributed by atoms with E-state index in [0.717, 1.165) is 4.90 Å². The van der Waals surface area contributed by atoms with Crippen LogP contribution in [0.2, 0.25) is 0 Å². The molecule has 0 aliphatic heterocycles. The largest absolute Gasteiger partial charge is 0.619 e. The van der Waals surface area contributed by atoms with Crippen molar-refractivity contribution >= 4 is 29.3 Å². The SMILES string of the molecule is N#CCSc1ccccc1NC(=O)COC(=O)c1cc[n+]([O-])cc1. The maximum Gasteiger partial charge on any atom is 0.339 e. The third-order valence-electron chi connectivity index (χ3n) is 2.83. The molecule has 0 spiro atoms. The summed E-state index contributed by atoms with van der Waals surface area (Å²) in [4.78, 5) is 24.4. The van der Waals surface area contributed by atoms with Gasteiger partial charge in [0.25, 0.3) is 5.91 Å². The van der Waals surface area contributed by atoms with E-state index in [2.05, 4.69) is 5.32 Å². The van der Waals surface area contributed by atoms with E-state index in [1.807, 2.05) is 6.07 Å². The molecule has 0 radical (unpaired) electrons. The molecule has 0 aliphatic rings. The van der Waals surface area contributed by atoms with Crippen LogP contribution in [-0.4, -0.2) is 24.2 Å². The van der Waals surface area contributed by atoms with E-state index in [9.17, 15) is 14.8 Å². The van der Waals surface area contributed by atoms with Crippen LogP contribution in [0.5, 0.6) is 0 Å². The Bertz CT molecular complexity index is 772. The molecule has 0 atom stereocenters. The van der Waals surface area contributed by atoms with Crippen molar-refractivity contribution < 1.29 is 19.1 Å². The van der Waals surface area contributed by atoms with Crippen LogP contribution < -0.4 is 10.0 Å². The van der Waals surface area contributed by atoms with Gasteiger partial charge < -0.3 is 15.3 Å². The van der Waals surface area contributed by atoms with Crippen LogP contribution in [-0.2, 0) is 9.53 Å². The fourth-order valence-electron chi connectivity index (χ4n) is 1.76. The lowest BCUT2D eigenvalue weighted by molar-refractivity contribution is -0.605. The Morgan fingerprint density at radius 2 is 1.96 bits per heavy atom. The number of aromatic nitrogens is 1. The van der Waals surface area contributed by atoms with Gasteiger partial charge in [-0.05, 0) is 12.1 Å². The number of hydrogen-bond acceptors (Lipinski definition) is 6. The third-order valence-corrected chi connectivity index (χ3v) is 3.77. The number of para-hydroxylation sites is 1. The Morgan fingerprint density at radius 3 is 2.67 bits per heavy atom. The number of carbonyl (C=O) groups excluding carboxylic acids is 2. The van der Waals surface area contributed by atoms with E-state index in [-0.39, 0.29) is 11.3 Å². The van der Waals surface area contributed by atoms with Crippen LogP contribution in [0.1, 0.15) is 10.4 Å². The molecule has 2 aromatic rings. The summed E-state index contributed by atoms with van der Waals surface area (Å²) in [5.41, 5.74) is 0.728. The standard InChI is InChI=1S/C16H13N3O4S/c17-7-10-24-14-4-2-1-3-13(14)18-15(20)11-23-16(21)12-5-8-19(22)9-6-12/h1-6,8-9H,10-11H2,(H,18,20). The smallest absolute Gasteiger partial charge is 0.339 e. The Hall–Kier alpha value is -3.05. The van der Waals surface area contributed by atoms with E-state index in [1.54, 1.807) is 24.3 Å². The molecule has 1 heterocycles. The number of benzene rings is 1. The molecule has 1 aromatic carbocycles. The van der Waals surface area contributed by atoms with Gasteiger partial charge in [0.2, 0.25) is 0 Å². The summed E-state index contributed by atoms with van der Waals surface area (Å²) in [6.07, 6.45) is 2.33. The van der Waals surface area contributed by atoms with Crippen LogP contribution in [0.3, 0.4) is 0 Å². The highest BCUT2D eigenvalue weighted by atomic mass is 32.2. The molecule has 0 fully saturated rings. The molecule has 0 saturated carbocycles. The van der Waals surface area contributed by atoms with Crippen LogP contribution in [0.25, 0.3) is 0 Å². The molecule has 0 unspecified atom stereocenters. The molecule has 8 heteroatoms. The van der Waals surface area contributed by atoms with Crippen molar-refractivity contribution in [1.82, 2.24) is 0 Å². The Morgan fingerprint density at radius 1 is 1.25 bits per heavy atom. The number of rotatable bonds is 6. The van der Waals surface area contributed by atoms with Crippen LogP contribution >= 0.6 is 11.8 Å². The number of pyridine rings is 1. The number of nitrogens with zero attached hydrogens (tertiary/aromatic N) is 2. The van der Waals surface area contributed by atoms with Gasteiger partial charge in [0.15, 0.2) is 19.0 Å². The van der Waals surface area contributed by atoms with Gasteiger partial charge in [0.05, 0.1) is 23.1 Å².